The van der Waals surface area contributed by atoms with Gasteiger partial charge in [0, 0.05) is 24.8 Å². The van der Waals surface area contributed by atoms with Crippen LogP contribution >= 0.6 is 11.6 Å². The number of nitrogens with zero attached hydrogens (tertiary/aromatic N) is 5. The van der Waals surface area contributed by atoms with Crippen molar-refractivity contribution in [3.8, 4) is 11.5 Å². The second-order valence-corrected chi connectivity index (χ2v) is 9.77. The fourth-order valence-corrected chi connectivity index (χ4v) is 4.58. The van der Waals surface area contributed by atoms with E-state index in [0.29, 0.717) is 48.6 Å². The van der Waals surface area contributed by atoms with Crippen LogP contribution in [0.25, 0.3) is 10.9 Å². The minimum atomic E-state index is -0.107. The van der Waals surface area contributed by atoms with Crippen LogP contribution in [0.3, 0.4) is 0 Å². The summed E-state index contributed by atoms with van der Waals surface area (Å²) in [5, 5.41) is 4.58. The van der Waals surface area contributed by atoms with Crippen LogP contribution in [-0.4, -0.2) is 70.5 Å². The number of benzene rings is 2. The Balaban J connectivity index is 1.31. The zero-order valence-electron chi connectivity index (χ0n) is 21.3. The summed E-state index contributed by atoms with van der Waals surface area (Å²) in [4.78, 5) is 29.4. The number of anilines is 2. The molecule has 0 bridgehead atoms. The van der Waals surface area contributed by atoms with Crippen molar-refractivity contribution in [2.24, 2.45) is 0 Å². The van der Waals surface area contributed by atoms with Gasteiger partial charge in [0.05, 0.1) is 34.7 Å². The molecule has 4 aromatic rings. The molecule has 2 aromatic carbocycles. The molecule has 38 heavy (non-hydrogen) atoms. The largest absolute Gasteiger partial charge is 0.488 e. The number of pyridine rings is 1. The van der Waals surface area contributed by atoms with Crippen LogP contribution in [0.5, 0.6) is 11.5 Å². The number of fused-ring (bicyclic) bond motifs is 1. The van der Waals surface area contributed by atoms with Gasteiger partial charge in [0.25, 0.3) is 0 Å². The van der Waals surface area contributed by atoms with Crippen molar-refractivity contribution in [1.29, 1.82) is 0 Å². The van der Waals surface area contributed by atoms with E-state index in [1.807, 2.05) is 72.4 Å². The Labute approximate surface area is 226 Å². The van der Waals surface area contributed by atoms with Gasteiger partial charge < -0.3 is 24.6 Å². The summed E-state index contributed by atoms with van der Waals surface area (Å²) in [6, 6.07) is 16.9. The first-order chi connectivity index (χ1) is 18.5. The number of carbonyl (C=O) groups excluding carboxylic acids is 1. The summed E-state index contributed by atoms with van der Waals surface area (Å²) in [5.41, 5.74) is 2.31. The van der Waals surface area contributed by atoms with E-state index in [2.05, 4.69) is 20.3 Å². The van der Waals surface area contributed by atoms with Gasteiger partial charge in [-0.25, -0.2) is 9.97 Å². The van der Waals surface area contributed by atoms with Gasteiger partial charge in [0.2, 0.25) is 5.91 Å². The molecule has 0 spiro atoms. The summed E-state index contributed by atoms with van der Waals surface area (Å²) >= 11 is 6.52. The number of nitrogens with one attached hydrogen (secondary N) is 1. The van der Waals surface area contributed by atoms with Crippen LogP contribution in [0.2, 0.25) is 5.02 Å². The topological polar surface area (TPSA) is 92.7 Å². The van der Waals surface area contributed by atoms with Crippen molar-refractivity contribution in [3.63, 3.8) is 0 Å². The Kier molecular flexibility index (Phi) is 7.86. The molecule has 0 aliphatic carbocycles. The number of likely N-dealkylation sites (N-methyl/N-ethyl adjacent to an activating group) is 1. The van der Waals surface area contributed by atoms with Gasteiger partial charge in [-0.2, -0.15) is 0 Å². The van der Waals surface area contributed by atoms with Crippen molar-refractivity contribution in [2.75, 3.05) is 39.0 Å². The lowest BCUT2D eigenvalue weighted by Crippen LogP contribution is -2.37. The van der Waals surface area contributed by atoms with E-state index in [-0.39, 0.29) is 12.0 Å². The minimum absolute atomic E-state index is 0.106. The van der Waals surface area contributed by atoms with E-state index >= 15 is 0 Å². The smallest absolute Gasteiger partial charge is 0.236 e. The van der Waals surface area contributed by atoms with Gasteiger partial charge in [-0.1, -0.05) is 23.7 Å². The first kappa shape index (κ1) is 25.7. The monoisotopic (exact) mass is 532 g/mol. The molecule has 1 atom stereocenters. The Morgan fingerprint density at radius 1 is 1.11 bits per heavy atom. The molecule has 1 saturated heterocycles. The van der Waals surface area contributed by atoms with Gasteiger partial charge in [-0.3, -0.25) is 9.78 Å². The number of aromatic nitrogens is 3. The Hall–Kier alpha value is -3.95. The fourth-order valence-electron chi connectivity index (χ4n) is 4.34. The zero-order chi connectivity index (χ0) is 26.5. The van der Waals surface area contributed by atoms with Crippen LogP contribution < -0.4 is 14.8 Å². The molecular weight excluding hydrogens is 504 g/mol. The highest BCUT2D eigenvalue weighted by Gasteiger charge is 2.28. The lowest BCUT2D eigenvalue weighted by Gasteiger charge is -2.20. The summed E-state index contributed by atoms with van der Waals surface area (Å²) < 4.78 is 12.2. The van der Waals surface area contributed by atoms with Crippen LogP contribution in [0, 0.1) is 0 Å². The normalized spacial score (nSPS) is 15.2. The van der Waals surface area contributed by atoms with Crippen LogP contribution in [0.4, 0.5) is 11.5 Å². The average molecular weight is 533 g/mol. The van der Waals surface area contributed by atoms with Crippen molar-refractivity contribution >= 4 is 39.9 Å². The summed E-state index contributed by atoms with van der Waals surface area (Å²) in [6.07, 6.45) is 3.90. The van der Waals surface area contributed by atoms with Gasteiger partial charge in [-0.05, 0) is 56.6 Å². The van der Waals surface area contributed by atoms with Crippen molar-refractivity contribution in [2.45, 2.75) is 19.1 Å². The molecule has 196 valence electrons. The number of ether oxygens (including phenoxy) is 2. The number of amides is 1. The minimum Gasteiger partial charge on any atom is -0.488 e. The first-order valence-corrected chi connectivity index (χ1v) is 12.8. The molecule has 1 aliphatic rings. The summed E-state index contributed by atoms with van der Waals surface area (Å²) in [6.45, 7) is 1.94. The van der Waals surface area contributed by atoms with Crippen molar-refractivity contribution in [3.05, 3.63) is 77.8 Å². The first-order valence-electron chi connectivity index (χ1n) is 12.4. The molecule has 0 radical (unpaired) electrons. The zero-order valence-corrected chi connectivity index (χ0v) is 22.1. The predicted molar refractivity (Wildman–Crippen MR) is 147 cm³/mol. The van der Waals surface area contributed by atoms with Gasteiger partial charge in [-0.15, -0.1) is 0 Å². The van der Waals surface area contributed by atoms with E-state index in [4.69, 9.17) is 21.1 Å². The third-order valence-electron chi connectivity index (χ3n) is 6.16. The summed E-state index contributed by atoms with van der Waals surface area (Å²) in [7, 11) is 3.78. The quantitative estimate of drug-likeness (QED) is 0.336. The lowest BCUT2D eigenvalue weighted by atomic mass is 10.2. The second kappa shape index (κ2) is 11.6. The number of likely N-dealkylation sites (tertiary alicyclic amines) is 1. The predicted octanol–water partition coefficient (Wildman–Crippen LogP) is 4.54. The molecule has 10 heteroatoms. The van der Waals surface area contributed by atoms with Crippen LogP contribution in [0.1, 0.15) is 12.1 Å². The molecular formula is C28H29ClN6O3. The van der Waals surface area contributed by atoms with Gasteiger partial charge >= 0.3 is 0 Å². The molecule has 1 unspecified atom stereocenters. The Bertz CT molecular complexity index is 1410. The highest BCUT2D eigenvalue weighted by atomic mass is 35.5. The van der Waals surface area contributed by atoms with E-state index in [1.165, 1.54) is 6.33 Å². The fraction of sp³-hybridized carbons (Fsp3) is 0.286. The Morgan fingerprint density at radius 3 is 2.79 bits per heavy atom. The van der Waals surface area contributed by atoms with Crippen molar-refractivity contribution in [1.82, 2.24) is 24.8 Å². The third-order valence-corrected chi connectivity index (χ3v) is 6.46. The molecule has 1 N–H and O–H groups in total. The van der Waals surface area contributed by atoms with Gasteiger partial charge in [0.1, 0.15) is 36.4 Å². The number of carbonyl (C=O) groups is 1. The second-order valence-electron chi connectivity index (χ2n) is 9.36. The number of rotatable bonds is 9. The van der Waals surface area contributed by atoms with Crippen LogP contribution in [0.15, 0.2) is 67.1 Å². The van der Waals surface area contributed by atoms with E-state index in [9.17, 15) is 4.79 Å². The van der Waals surface area contributed by atoms with Crippen LogP contribution in [-0.2, 0) is 11.4 Å². The van der Waals surface area contributed by atoms with Crippen molar-refractivity contribution < 1.29 is 14.3 Å². The molecule has 3 heterocycles. The van der Waals surface area contributed by atoms with E-state index in [1.54, 1.807) is 12.3 Å². The third kappa shape index (κ3) is 6.12. The number of hydrogen-bond acceptors (Lipinski definition) is 8. The Morgan fingerprint density at radius 2 is 2.00 bits per heavy atom. The molecule has 5 rings (SSSR count). The maximum absolute atomic E-state index is 12.5. The molecule has 1 fully saturated rings. The molecule has 0 saturated carbocycles. The molecule has 1 amide bonds. The maximum Gasteiger partial charge on any atom is 0.236 e. The molecule has 2 aromatic heterocycles. The molecule has 1 aliphatic heterocycles. The van der Waals surface area contributed by atoms with Gasteiger partial charge in [0.15, 0.2) is 0 Å². The number of halogens is 1. The van der Waals surface area contributed by atoms with E-state index in [0.717, 1.165) is 28.7 Å². The SMILES string of the molecule is CN(C)CC(=O)N1CCC(Oc2cccc3ncnc(Nc4ccc(OCc5ccccn5)c(Cl)c4)c23)C1. The molecule has 9 nitrogen and oxygen atoms in total. The lowest BCUT2D eigenvalue weighted by molar-refractivity contribution is -0.131. The highest BCUT2D eigenvalue weighted by molar-refractivity contribution is 6.32. The van der Waals surface area contributed by atoms with E-state index < -0.39 is 0 Å². The number of hydrogen-bond donors (Lipinski definition) is 1. The highest BCUT2D eigenvalue weighted by Crippen LogP contribution is 2.35. The average Bonchev–Trinajstić information content (AvgIpc) is 3.37. The standard InChI is InChI=1S/C28H29ClN6O3/c1-34(2)16-26(36)35-13-11-21(15-35)38-25-8-5-7-23-27(25)28(32-18-31-23)33-19-9-10-24(22(29)14-19)37-17-20-6-3-4-12-30-20/h3-10,12,14,18,21H,11,13,15-17H2,1-2H3,(H,31,32,33). The maximum atomic E-state index is 12.5. The summed E-state index contributed by atoms with van der Waals surface area (Å²) in [5.74, 6) is 1.93.